The summed E-state index contributed by atoms with van der Waals surface area (Å²) in [6, 6.07) is 17.4. The van der Waals surface area contributed by atoms with Crippen molar-refractivity contribution >= 4 is 33.7 Å². The highest BCUT2D eigenvalue weighted by Gasteiger charge is 2.07. The SMILES string of the molecule is OCC1C=c2cc3ccc4ccccc4c3cc2=CC1. The lowest BCUT2D eigenvalue weighted by atomic mass is 9.94. The van der Waals surface area contributed by atoms with Crippen LogP contribution in [0, 0.1) is 5.92 Å². The van der Waals surface area contributed by atoms with E-state index in [4.69, 9.17) is 0 Å². The fourth-order valence-corrected chi connectivity index (χ4v) is 3.14. The minimum Gasteiger partial charge on any atom is -0.396 e. The predicted molar refractivity (Wildman–Crippen MR) is 84.8 cm³/mol. The summed E-state index contributed by atoms with van der Waals surface area (Å²) in [6.07, 6.45) is 5.38. The lowest BCUT2D eigenvalue weighted by Crippen LogP contribution is -2.29. The molecule has 0 saturated carbocycles. The van der Waals surface area contributed by atoms with Gasteiger partial charge in [-0.15, -0.1) is 0 Å². The molecule has 0 aromatic heterocycles. The molecule has 1 N–H and O–H groups in total. The van der Waals surface area contributed by atoms with Crippen LogP contribution in [0.5, 0.6) is 0 Å². The van der Waals surface area contributed by atoms with Crippen molar-refractivity contribution in [3.63, 3.8) is 0 Å². The van der Waals surface area contributed by atoms with E-state index in [9.17, 15) is 5.11 Å². The van der Waals surface area contributed by atoms with Crippen molar-refractivity contribution in [3.8, 4) is 0 Å². The van der Waals surface area contributed by atoms with Gasteiger partial charge in [-0.05, 0) is 50.5 Å². The van der Waals surface area contributed by atoms with Crippen LogP contribution in [-0.4, -0.2) is 11.7 Å². The Morgan fingerprint density at radius 2 is 1.75 bits per heavy atom. The summed E-state index contributed by atoms with van der Waals surface area (Å²) in [6.45, 7) is 0.228. The van der Waals surface area contributed by atoms with Crippen molar-refractivity contribution in [2.45, 2.75) is 6.42 Å². The molecular weight excluding hydrogens is 244 g/mol. The highest BCUT2D eigenvalue weighted by Crippen LogP contribution is 2.23. The molecule has 0 spiro atoms. The molecule has 0 heterocycles. The van der Waals surface area contributed by atoms with Gasteiger partial charge in [0.25, 0.3) is 0 Å². The zero-order valence-electron chi connectivity index (χ0n) is 11.2. The highest BCUT2D eigenvalue weighted by atomic mass is 16.3. The summed E-state index contributed by atoms with van der Waals surface area (Å²) in [5, 5.41) is 17.0. The molecule has 3 aromatic rings. The van der Waals surface area contributed by atoms with Crippen molar-refractivity contribution in [1.29, 1.82) is 0 Å². The van der Waals surface area contributed by atoms with Crippen LogP contribution in [0.25, 0.3) is 33.7 Å². The maximum Gasteiger partial charge on any atom is 0.0497 e. The average Bonchev–Trinajstić information content (AvgIpc) is 2.52. The second-order valence-corrected chi connectivity index (χ2v) is 5.54. The first-order valence-corrected chi connectivity index (χ1v) is 7.09. The molecule has 1 aliphatic carbocycles. The standard InChI is InChI=1S/C19H16O/c20-12-13-5-6-15-11-19-16(10-17(15)9-13)8-7-14-3-1-2-4-18(14)19/h1-4,6-11,13,20H,5,12H2. The molecule has 3 aromatic carbocycles. The average molecular weight is 260 g/mol. The van der Waals surface area contributed by atoms with Crippen molar-refractivity contribution in [1.82, 2.24) is 0 Å². The normalized spacial score (nSPS) is 17.6. The maximum absolute atomic E-state index is 9.32. The number of hydrogen-bond acceptors (Lipinski definition) is 1. The molecule has 0 radical (unpaired) electrons. The number of benzene rings is 3. The van der Waals surface area contributed by atoms with Crippen molar-refractivity contribution in [2.75, 3.05) is 6.61 Å². The fraction of sp³-hybridized carbons (Fsp3) is 0.158. The Balaban J connectivity index is 2.12. The van der Waals surface area contributed by atoms with Gasteiger partial charge in [0.05, 0.1) is 0 Å². The van der Waals surface area contributed by atoms with E-state index in [2.05, 4.69) is 60.7 Å². The second kappa shape index (κ2) is 4.46. The molecule has 0 fully saturated rings. The van der Waals surface area contributed by atoms with Gasteiger partial charge in [-0.1, -0.05) is 48.6 Å². The van der Waals surface area contributed by atoms with Gasteiger partial charge < -0.3 is 5.11 Å². The number of aliphatic hydroxyl groups excluding tert-OH is 1. The Kier molecular flexibility index (Phi) is 2.61. The smallest absolute Gasteiger partial charge is 0.0497 e. The number of hydrogen-bond donors (Lipinski definition) is 1. The van der Waals surface area contributed by atoms with Crippen LogP contribution in [0.3, 0.4) is 0 Å². The largest absolute Gasteiger partial charge is 0.396 e. The summed E-state index contributed by atoms with van der Waals surface area (Å²) >= 11 is 0. The molecule has 0 saturated heterocycles. The molecule has 0 aliphatic heterocycles. The Hall–Kier alpha value is -2.12. The minimum absolute atomic E-state index is 0.228. The maximum atomic E-state index is 9.32. The van der Waals surface area contributed by atoms with E-state index in [0.29, 0.717) is 0 Å². The van der Waals surface area contributed by atoms with Gasteiger partial charge in [-0.2, -0.15) is 0 Å². The molecule has 98 valence electrons. The molecular formula is C19H16O. The van der Waals surface area contributed by atoms with E-state index in [1.807, 2.05) is 0 Å². The Bertz CT molecular complexity index is 922. The minimum atomic E-state index is 0.228. The molecule has 20 heavy (non-hydrogen) atoms. The first-order chi connectivity index (χ1) is 9.85. The van der Waals surface area contributed by atoms with Crippen LogP contribution in [0.1, 0.15) is 6.42 Å². The first kappa shape index (κ1) is 11.7. The van der Waals surface area contributed by atoms with E-state index in [1.165, 1.54) is 32.0 Å². The summed E-state index contributed by atoms with van der Waals surface area (Å²) in [4.78, 5) is 0. The molecule has 1 heteroatoms. The van der Waals surface area contributed by atoms with Crippen molar-refractivity contribution in [3.05, 3.63) is 59.0 Å². The zero-order valence-corrected chi connectivity index (χ0v) is 11.2. The van der Waals surface area contributed by atoms with E-state index in [0.717, 1.165) is 6.42 Å². The van der Waals surface area contributed by atoms with E-state index in [-0.39, 0.29) is 12.5 Å². The van der Waals surface area contributed by atoms with Crippen LogP contribution in [0.4, 0.5) is 0 Å². The first-order valence-electron chi connectivity index (χ1n) is 7.09. The third kappa shape index (κ3) is 1.75. The van der Waals surface area contributed by atoms with Crippen LogP contribution in [0.15, 0.2) is 48.5 Å². The van der Waals surface area contributed by atoms with Gasteiger partial charge in [0.15, 0.2) is 0 Å². The van der Waals surface area contributed by atoms with Gasteiger partial charge in [0.1, 0.15) is 0 Å². The van der Waals surface area contributed by atoms with Crippen LogP contribution in [0.2, 0.25) is 0 Å². The third-order valence-electron chi connectivity index (χ3n) is 4.24. The number of fused-ring (bicyclic) bond motifs is 4. The lowest BCUT2D eigenvalue weighted by molar-refractivity contribution is 0.262. The van der Waals surface area contributed by atoms with Gasteiger partial charge in [0, 0.05) is 12.5 Å². The predicted octanol–water partition coefficient (Wildman–Crippen LogP) is 2.57. The van der Waals surface area contributed by atoms with Crippen molar-refractivity contribution < 1.29 is 5.11 Å². The summed E-state index contributed by atoms with van der Waals surface area (Å²) in [5.74, 6) is 0.264. The zero-order chi connectivity index (χ0) is 13.5. The molecule has 1 nitrogen and oxygen atoms in total. The van der Waals surface area contributed by atoms with Gasteiger partial charge in [-0.25, -0.2) is 0 Å². The quantitative estimate of drug-likeness (QED) is 0.667. The lowest BCUT2D eigenvalue weighted by Gasteiger charge is -2.12. The van der Waals surface area contributed by atoms with E-state index < -0.39 is 0 Å². The van der Waals surface area contributed by atoms with Gasteiger partial charge >= 0.3 is 0 Å². The van der Waals surface area contributed by atoms with Gasteiger partial charge in [0.2, 0.25) is 0 Å². The fourth-order valence-electron chi connectivity index (χ4n) is 3.14. The third-order valence-corrected chi connectivity index (χ3v) is 4.24. The van der Waals surface area contributed by atoms with Crippen molar-refractivity contribution in [2.24, 2.45) is 5.92 Å². The Morgan fingerprint density at radius 3 is 2.65 bits per heavy atom. The summed E-state index contributed by atoms with van der Waals surface area (Å²) < 4.78 is 0. The van der Waals surface area contributed by atoms with E-state index >= 15 is 0 Å². The monoisotopic (exact) mass is 260 g/mol. The van der Waals surface area contributed by atoms with Crippen LogP contribution >= 0.6 is 0 Å². The Morgan fingerprint density at radius 1 is 0.900 bits per heavy atom. The molecule has 1 aliphatic rings. The molecule has 1 unspecified atom stereocenters. The van der Waals surface area contributed by atoms with Crippen LogP contribution in [-0.2, 0) is 0 Å². The van der Waals surface area contributed by atoms with Crippen LogP contribution < -0.4 is 10.4 Å². The Labute approximate surface area is 117 Å². The summed E-state index contributed by atoms with van der Waals surface area (Å²) in [5.41, 5.74) is 0. The number of aliphatic hydroxyl groups is 1. The van der Waals surface area contributed by atoms with Gasteiger partial charge in [-0.3, -0.25) is 0 Å². The highest BCUT2D eigenvalue weighted by molar-refractivity contribution is 6.07. The number of rotatable bonds is 1. The molecule has 1 atom stereocenters. The molecule has 4 rings (SSSR count). The second-order valence-electron chi connectivity index (χ2n) is 5.54. The molecule has 0 bridgehead atoms. The topological polar surface area (TPSA) is 20.2 Å². The molecule has 0 amide bonds. The van der Waals surface area contributed by atoms with E-state index in [1.54, 1.807) is 0 Å². The summed E-state index contributed by atoms with van der Waals surface area (Å²) in [7, 11) is 0.